The van der Waals surface area contributed by atoms with Gasteiger partial charge in [-0.25, -0.2) is 0 Å². The van der Waals surface area contributed by atoms with E-state index >= 15 is 0 Å². The van der Waals surface area contributed by atoms with Crippen molar-refractivity contribution in [3.63, 3.8) is 0 Å². The molecule has 1 aromatic carbocycles. The van der Waals surface area contributed by atoms with Gasteiger partial charge in [-0.2, -0.15) is 0 Å². The van der Waals surface area contributed by atoms with Crippen molar-refractivity contribution < 1.29 is 9.47 Å². The molecule has 1 aromatic rings. The van der Waals surface area contributed by atoms with Gasteiger partial charge in [0.15, 0.2) is 0 Å². The van der Waals surface area contributed by atoms with Crippen molar-refractivity contribution in [2.24, 2.45) is 0 Å². The number of ether oxygens (including phenoxy) is 2. The van der Waals surface area contributed by atoms with Crippen LogP contribution >= 0.6 is 0 Å². The Morgan fingerprint density at radius 3 is 2.26 bits per heavy atom. The Balaban J connectivity index is 1.47. The molecule has 1 aliphatic heterocycles. The number of benzene rings is 1. The van der Waals surface area contributed by atoms with Crippen molar-refractivity contribution in [3.8, 4) is 5.75 Å². The summed E-state index contributed by atoms with van der Waals surface area (Å²) in [5, 5.41) is 0. The minimum Gasteiger partial charge on any atom is -0.490 e. The molecule has 1 unspecified atom stereocenters. The van der Waals surface area contributed by atoms with E-state index in [0.29, 0.717) is 6.61 Å². The first-order valence-corrected chi connectivity index (χ1v) is 11.2. The Kier molecular flexibility index (Phi) is 10.6. The first-order chi connectivity index (χ1) is 13.2. The summed E-state index contributed by atoms with van der Waals surface area (Å²) in [6.07, 6.45) is 20.5. The Hall–Kier alpha value is -1.28. The minimum absolute atomic E-state index is 0.0438. The zero-order chi connectivity index (χ0) is 19.2. The minimum atomic E-state index is -0.0438. The second kappa shape index (κ2) is 13.0. The van der Waals surface area contributed by atoms with E-state index in [9.17, 15) is 0 Å². The summed E-state index contributed by atoms with van der Waals surface area (Å²) < 4.78 is 11.4. The quantitative estimate of drug-likeness (QED) is 0.173. The smallest absolute Gasteiger partial charge is 0.123 e. The zero-order valence-corrected chi connectivity index (χ0v) is 17.7. The summed E-state index contributed by atoms with van der Waals surface area (Å²) in [6, 6.07) is 8.48. The molecule has 2 heteroatoms. The SMILES string of the molecule is CCCCC/C=C/CCCCCCCCc1ccccc1OCC1(C)CO1. The van der Waals surface area contributed by atoms with Crippen LogP contribution in [0, 0.1) is 0 Å². The standard InChI is InChI=1S/C25H40O2/c1-3-4-5-6-7-8-9-10-11-12-13-14-15-18-23-19-16-17-20-24(23)26-21-25(2)22-27-25/h7-8,16-17,19-20H,3-6,9-15,18,21-22H2,1-2H3/b8-7+. The molecule has 1 saturated heterocycles. The average Bonchev–Trinajstić information content (AvgIpc) is 3.42. The topological polar surface area (TPSA) is 21.8 Å². The van der Waals surface area contributed by atoms with Gasteiger partial charge in [0.25, 0.3) is 0 Å². The first-order valence-electron chi connectivity index (χ1n) is 11.2. The third kappa shape index (κ3) is 10.0. The molecule has 1 atom stereocenters. The summed E-state index contributed by atoms with van der Waals surface area (Å²) >= 11 is 0. The van der Waals surface area contributed by atoms with Crippen LogP contribution in [0.3, 0.4) is 0 Å². The van der Waals surface area contributed by atoms with Gasteiger partial charge in [-0.05, 0) is 57.1 Å². The number of para-hydroxylation sites is 1. The summed E-state index contributed by atoms with van der Waals surface area (Å²) in [7, 11) is 0. The van der Waals surface area contributed by atoms with Gasteiger partial charge in [-0.15, -0.1) is 0 Å². The van der Waals surface area contributed by atoms with E-state index < -0.39 is 0 Å². The fourth-order valence-electron chi connectivity index (χ4n) is 3.32. The normalized spacial score (nSPS) is 18.9. The van der Waals surface area contributed by atoms with Gasteiger partial charge in [-0.1, -0.05) is 75.8 Å². The van der Waals surface area contributed by atoms with E-state index in [1.165, 1.54) is 76.2 Å². The van der Waals surface area contributed by atoms with Gasteiger partial charge in [0.1, 0.15) is 18.0 Å². The number of hydrogen-bond acceptors (Lipinski definition) is 2. The van der Waals surface area contributed by atoms with Crippen molar-refractivity contribution in [1.82, 2.24) is 0 Å². The van der Waals surface area contributed by atoms with Crippen LogP contribution in [0.15, 0.2) is 36.4 Å². The molecule has 27 heavy (non-hydrogen) atoms. The number of rotatable bonds is 16. The molecule has 0 amide bonds. The molecule has 2 rings (SSSR count). The monoisotopic (exact) mass is 372 g/mol. The van der Waals surface area contributed by atoms with E-state index in [2.05, 4.69) is 50.3 Å². The fourth-order valence-corrected chi connectivity index (χ4v) is 3.32. The maximum Gasteiger partial charge on any atom is 0.123 e. The van der Waals surface area contributed by atoms with E-state index in [-0.39, 0.29) is 5.60 Å². The Morgan fingerprint density at radius 2 is 1.56 bits per heavy atom. The third-order valence-electron chi connectivity index (χ3n) is 5.35. The Labute approximate surface area is 167 Å². The molecule has 2 nitrogen and oxygen atoms in total. The van der Waals surface area contributed by atoms with E-state index in [0.717, 1.165) is 18.8 Å². The fraction of sp³-hybridized carbons (Fsp3) is 0.680. The predicted octanol–water partition coefficient (Wildman–Crippen LogP) is 7.26. The number of hydrogen-bond donors (Lipinski definition) is 0. The molecule has 1 aliphatic rings. The largest absolute Gasteiger partial charge is 0.490 e. The van der Waals surface area contributed by atoms with Crippen LogP contribution in [-0.2, 0) is 11.2 Å². The highest BCUT2D eigenvalue weighted by molar-refractivity contribution is 5.33. The zero-order valence-electron chi connectivity index (χ0n) is 17.7. The second-order valence-electron chi connectivity index (χ2n) is 8.26. The molecular formula is C25H40O2. The van der Waals surface area contributed by atoms with Crippen molar-refractivity contribution in [3.05, 3.63) is 42.0 Å². The Morgan fingerprint density at radius 1 is 0.926 bits per heavy atom. The second-order valence-corrected chi connectivity index (χ2v) is 8.26. The molecule has 0 N–H and O–H groups in total. The molecule has 0 spiro atoms. The van der Waals surface area contributed by atoms with Gasteiger partial charge in [0, 0.05) is 0 Å². The van der Waals surface area contributed by atoms with Crippen molar-refractivity contribution in [2.45, 2.75) is 96.5 Å². The lowest BCUT2D eigenvalue weighted by molar-refractivity contribution is 0.201. The number of aryl methyl sites for hydroxylation is 1. The lowest BCUT2D eigenvalue weighted by Crippen LogP contribution is -2.17. The highest BCUT2D eigenvalue weighted by Gasteiger charge is 2.40. The molecule has 0 bridgehead atoms. The number of epoxide rings is 1. The molecule has 1 fully saturated rings. The Bertz CT molecular complexity index is 531. The van der Waals surface area contributed by atoms with Crippen LogP contribution < -0.4 is 4.74 Å². The van der Waals surface area contributed by atoms with Crippen LogP contribution in [0.4, 0.5) is 0 Å². The van der Waals surface area contributed by atoms with Gasteiger partial charge in [0.05, 0.1) is 6.61 Å². The lowest BCUT2D eigenvalue weighted by Gasteiger charge is -2.13. The molecule has 0 radical (unpaired) electrons. The van der Waals surface area contributed by atoms with E-state index in [4.69, 9.17) is 9.47 Å². The van der Waals surface area contributed by atoms with Gasteiger partial charge in [-0.3, -0.25) is 0 Å². The summed E-state index contributed by atoms with van der Waals surface area (Å²) in [4.78, 5) is 0. The van der Waals surface area contributed by atoms with Crippen molar-refractivity contribution >= 4 is 0 Å². The maximum atomic E-state index is 6.00. The highest BCUT2D eigenvalue weighted by Crippen LogP contribution is 2.28. The van der Waals surface area contributed by atoms with Gasteiger partial charge >= 0.3 is 0 Å². The van der Waals surface area contributed by atoms with Crippen LogP contribution in [0.2, 0.25) is 0 Å². The van der Waals surface area contributed by atoms with Crippen LogP contribution in [0.25, 0.3) is 0 Å². The molecule has 152 valence electrons. The maximum absolute atomic E-state index is 6.00. The number of allylic oxidation sites excluding steroid dienone is 2. The van der Waals surface area contributed by atoms with Gasteiger partial charge in [0.2, 0.25) is 0 Å². The first kappa shape index (κ1) is 22.0. The van der Waals surface area contributed by atoms with Crippen LogP contribution in [0.5, 0.6) is 5.75 Å². The molecule has 1 heterocycles. The predicted molar refractivity (Wildman–Crippen MR) is 116 cm³/mol. The molecule has 0 aromatic heterocycles. The van der Waals surface area contributed by atoms with Crippen LogP contribution in [0.1, 0.15) is 90.0 Å². The molecule has 0 aliphatic carbocycles. The average molecular weight is 373 g/mol. The summed E-state index contributed by atoms with van der Waals surface area (Å²) in [5.41, 5.74) is 1.30. The lowest BCUT2D eigenvalue weighted by atomic mass is 10.0. The number of unbranched alkanes of at least 4 members (excludes halogenated alkanes) is 9. The van der Waals surface area contributed by atoms with Crippen LogP contribution in [-0.4, -0.2) is 18.8 Å². The summed E-state index contributed by atoms with van der Waals surface area (Å²) in [5.74, 6) is 1.04. The summed E-state index contributed by atoms with van der Waals surface area (Å²) in [6.45, 7) is 5.86. The van der Waals surface area contributed by atoms with Crippen molar-refractivity contribution in [2.75, 3.05) is 13.2 Å². The van der Waals surface area contributed by atoms with Crippen molar-refractivity contribution in [1.29, 1.82) is 0 Å². The van der Waals surface area contributed by atoms with Gasteiger partial charge < -0.3 is 9.47 Å². The molecular weight excluding hydrogens is 332 g/mol. The van der Waals surface area contributed by atoms with E-state index in [1.54, 1.807) is 0 Å². The third-order valence-corrected chi connectivity index (χ3v) is 5.35. The van der Waals surface area contributed by atoms with E-state index in [1.807, 2.05) is 0 Å². The molecule has 0 saturated carbocycles. The highest BCUT2D eigenvalue weighted by atomic mass is 16.6.